The number of hydrogen-bond acceptors (Lipinski definition) is 5. The van der Waals surface area contributed by atoms with E-state index in [0.29, 0.717) is 19.4 Å². The smallest absolute Gasteiger partial charge is 0.223 e. The Labute approximate surface area is 180 Å². The van der Waals surface area contributed by atoms with E-state index in [1.165, 1.54) is 12.1 Å². The van der Waals surface area contributed by atoms with E-state index >= 15 is 0 Å². The summed E-state index contributed by atoms with van der Waals surface area (Å²) in [6.45, 7) is 0.679. The second-order valence-electron chi connectivity index (χ2n) is 7.63. The van der Waals surface area contributed by atoms with Crippen LogP contribution in [0.1, 0.15) is 36.6 Å². The SMILES string of the molecule is COc1ccc(-c2cnc(N)nc2C2CCCN2C(=O)CCc2ccc(F)cc2)cc1. The van der Waals surface area contributed by atoms with Gasteiger partial charge in [0, 0.05) is 24.7 Å². The summed E-state index contributed by atoms with van der Waals surface area (Å²) in [5.74, 6) is 0.741. The fourth-order valence-electron chi connectivity index (χ4n) is 4.05. The summed E-state index contributed by atoms with van der Waals surface area (Å²) in [7, 11) is 1.63. The number of aryl methyl sites for hydroxylation is 1. The molecule has 6 nitrogen and oxygen atoms in total. The Bertz CT molecular complexity index is 1050. The standard InChI is InChI=1S/C24H25FN4O2/c1-31-19-11-7-17(8-12-19)20-15-27-24(26)28-23(20)21-3-2-14-29(21)22(30)13-6-16-4-9-18(25)10-5-16/h4-5,7-12,15,21H,2-3,6,13-14H2,1H3,(H2,26,27,28). The van der Waals surface area contributed by atoms with Crippen LogP contribution in [0.2, 0.25) is 0 Å². The Morgan fingerprint density at radius 1 is 1.19 bits per heavy atom. The molecule has 4 rings (SSSR count). The molecule has 1 saturated heterocycles. The van der Waals surface area contributed by atoms with E-state index in [0.717, 1.165) is 41.0 Å². The highest BCUT2D eigenvalue weighted by Crippen LogP contribution is 2.37. The molecule has 1 unspecified atom stereocenters. The van der Waals surface area contributed by atoms with Crippen LogP contribution in [0.4, 0.5) is 10.3 Å². The third kappa shape index (κ3) is 4.66. The first kappa shape index (κ1) is 20.8. The van der Waals surface area contributed by atoms with Crippen LogP contribution in [-0.4, -0.2) is 34.4 Å². The van der Waals surface area contributed by atoms with E-state index in [2.05, 4.69) is 9.97 Å². The van der Waals surface area contributed by atoms with Crippen LogP contribution in [0.25, 0.3) is 11.1 Å². The Hall–Kier alpha value is -3.48. The zero-order chi connectivity index (χ0) is 21.8. The van der Waals surface area contributed by atoms with Crippen molar-refractivity contribution in [3.63, 3.8) is 0 Å². The summed E-state index contributed by atoms with van der Waals surface area (Å²) in [4.78, 5) is 23.7. The van der Waals surface area contributed by atoms with Crippen molar-refractivity contribution >= 4 is 11.9 Å². The van der Waals surface area contributed by atoms with Crippen LogP contribution in [0.5, 0.6) is 5.75 Å². The van der Waals surface area contributed by atoms with E-state index in [4.69, 9.17) is 10.5 Å². The number of hydrogen-bond donors (Lipinski definition) is 1. The fraction of sp³-hybridized carbons (Fsp3) is 0.292. The largest absolute Gasteiger partial charge is 0.497 e. The monoisotopic (exact) mass is 420 g/mol. The number of carbonyl (C=O) groups excluding carboxylic acids is 1. The van der Waals surface area contributed by atoms with Crippen LogP contribution in [0.3, 0.4) is 0 Å². The van der Waals surface area contributed by atoms with Gasteiger partial charge in [0.05, 0.1) is 18.8 Å². The van der Waals surface area contributed by atoms with Gasteiger partial charge in [0.25, 0.3) is 0 Å². The number of amides is 1. The first-order chi connectivity index (χ1) is 15.0. The zero-order valence-corrected chi connectivity index (χ0v) is 17.4. The molecule has 2 N–H and O–H groups in total. The molecule has 160 valence electrons. The predicted octanol–water partition coefficient (Wildman–Crippen LogP) is 4.17. The highest BCUT2D eigenvalue weighted by Gasteiger charge is 2.32. The van der Waals surface area contributed by atoms with Gasteiger partial charge in [-0.2, -0.15) is 0 Å². The number of nitrogens with zero attached hydrogens (tertiary/aromatic N) is 3. The lowest BCUT2D eigenvalue weighted by Crippen LogP contribution is -2.31. The van der Waals surface area contributed by atoms with Crippen LogP contribution in [-0.2, 0) is 11.2 Å². The number of likely N-dealkylation sites (tertiary alicyclic amines) is 1. The number of benzene rings is 2. The normalized spacial score (nSPS) is 15.8. The van der Waals surface area contributed by atoms with Crippen LogP contribution < -0.4 is 10.5 Å². The third-order valence-electron chi connectivity index (χ3n) is 5.67. The molecular formula is C24H25FN4O2. The molecule has 1 amide bonds. The maximum absolute atomic E-state index is 13.1. The Kier molecular flexibility index (Phi) is 6.11. The van der Waals surface area contributed by atoms with Crippen molar-refractivity contribution in [2.75, 3.05) is 19.4 Å². The van der Waals surface area contributed by atoms with Gasteiger partial charge in [-0.3, -0.25) is 4.79 Å². The molecule has 0 radical (unpaired) electrons. The Morgan fingerprint density at radius 3 is 2.65 bits per heavy atom. The minimum Gasteiger partial charge on any atom is -0.497 e. The summed E-state index contributed by atoms with van der Waals surface area (Å²) < 4.78 is 18.4. The van der Waals surface area contributed by atoms with Crippen molar-refractivity contribution in [3.8, 4) is 16.9 Å². The number of halogens is 1. The molecule has 2 heterocycles. The molecule has 3 aromatic rings. The lowest BCUT2D eigenvalue weighted by atomic mass is 9.99. The Balaban J connectivity index is 1.56. The van der Waals surface area contributed by atoms with Crippen LogP contribution in [0.15, 0.2) is 54.7 Å². The highest BCUT2D eigenvalue weighted by atomic mass is 19.1. The van der Waals surface area contributed by atoms with Gasteiger partial charge in [0.1, 0.15) is 11.6 Å². The van der Waals surface area contributed by atoms with Gasteiger partial charge >= 0.3 is 0 Å². The van der Waals surface area contributed by atoms with E-state index in [-0.39, 0.29) is 23.7 Å². The molecule has 0 saturated carbocycles. The molecule has 0 aliphatic carbocycles. The van der Waals surface area contributed by atoms with Gasteiger partial charge in [-0.1, -0.05) is 24.3 Å². The molecule has 1 aromatic heterocycles. The number of methoxy groups -OCH3 is 1. The van der Waals surface area contributed by atoms with Crippen molar-refractivity contribution in [3.05, 3.63) is 71.8 Å². The molecule has 1 atom stereocenters. The maximum atomic E-state index is 13.1. The van der Waals surface area contributed by atoms with Crippen LogP contribution in [0, 0.1) is 5.82 Å². The first-order valence-electron chi connectivity index (χ1n) is 10.4. The van der Waals surface area contributed by atoms with E-state index < -0.39 is 0 Å². The van der Waals surface area contributed by atoms with Gasteiger partial charge in [-0.25, -0.2) is 14.4 Å². The second-order valence-corrected chi connectivity index (χ2v) is 7.63. The molecule has 0 spiro atoms. The average Bonchev–Trinajstić information content (AvgIpc) is 3.28. The zero-order valence-electron chi connectivity index (χ0n) is 17.4. The van der Waals surface area contributed by atoms with Crippen molar-refractivity contribution in [1.29, 1.82) is 0 Å². The number of ether oxygens (including phenoxy) is 1. The number of anilines is 1. The average molecular weight is 420 g/mol. The van der Waals surface area contributed by atoms with Gasteiger partial charge in [0.2, 0.25) is 11.9 Å². The molecule has 1 aliphatic rings. The van der Waals surface area contributed by atoms with Crippen LogP contribution >= 0.6 is 0 Å². The molecular weight excluding hydrogens is 395 g/mol. The van der Waals surface area contributed by atoms with Crippen molar-refractivity contribution < 1.29 is 13.9 Å². The van der Waals surface area contributed by atoms with E-state index in [1.807, 2.05) is 29.2 Å². The van der Waals surface area contributed by atoms with Gasteiger partial charge in [-0.15, -0.1) is 0 Å². The summed E-state index contributed by atoms with van der Waals surface area (Å²) in [5, 5.41) is 0. The topological polar surface area (TPSA) is 81.3 Å². The number of nitrogens with two attached hydrogens (primary N) is 1. The molecule has 31 heavy (non-hydrogen) atoms. The highest BCUT2D eigenvalue weighted by molar-refractivity contribution is 5.78. The number of aromatic nitrogens is 2. The fourth-order valence-corrected chi connectivity index (χ4v) is 4.05. The van der Waals surface area contributed by atoms with E-state index in [9.17, 15) is 9.18 Å². The molecule has 1 fully saturated rings. The van der Waals surface area contributed by atoms with E-state index in [1.54, 1.807) is 25.4 Å². The lowest BCUT2D eigenvalue weighted by molar-refractivity contribution is -0.132. The van der Waals surface area contributed by atoms with Crippen molar-refractivity contribution in [2.24, 2.45) is 0 Å². The summed E-state index contributed by atoms with van der Waals surface area (Å²) in [6.07, 6.45) is 4.37. The maximum Gasteiger partial charge on any atom is 0.223 e. The number of rotatable bonds is 6. The van der Waals surface area contributed by atoms with Gasteiger partial charge in [-0.05, 0) is 54.7 Å². The lowest BCUT2D eigenvalue weighted by Gasteiger charge is -2.26. The third-order valence-corrected chi connectivity index (χ3v) is 5.67. The number of carbonyl (C=O) groups is 1. The minimum absolute atomic E-state index is 0.0599. The Morgan fingerprint density at radius 2 is 1.94 bits per heavy atom. The summed E-state index contributed by atoms with van der Waals surface area (Å²) in [6, 6.07) is 13.8. The van der Waals surface area contributed by atoms with Crippen molar-refractivity contribution in [2.45, 2.75) is 31.7 Å². The van der Waals surface area contributed by atoms with Gasteiger partial charge < -0.3 is 15.4 Å². The first-order valence-corrected chi connectivity index (χ1v) is 10.4. The summed E-state index contributed by atoms with van der Waals surface area (Å²) >= 11 is 0. The second kappa shape index (κ2) is 9.12. The number of nitrogen functional groups attached to an aromatic ring is 1. The molecule has 7 heteroatoms. The van der Waals surface area contributed by atoms with Crippen molar-refractivity contribution in [1.82, 2.24) is 14.9 Å². The minimum atomic E-state index is -0.276. The molecule has 2 aromatic carbocycles. The summed E-state index contributed by atoms with van der Waals surface area (Å²) in [5.41, 5.74) is 9.43. The molecule has 1 aliphatic heterocycles. The predicted molar refractivity (Wildman–Crippen MR) is 117 cm³/mol. The quantitative estimate of drug-likeness (QED) is 0.647. The molecule has 0 bridgehead atoms. The van der Waals surface area contributed by atoms with Gasteiger partial charge in [0.15, 0.2) is 0 Å².